The molecule has 0 bridgehead atoms. The van der Waals surface area contributed by atoms with Crippen LogP contribution in [-0.4, -0.2) is 64.8 Å². The van der Waals surface area contributed by atoms with E-state index in [0.29, 0.717) is 45.6 Å². The van der Waals surface area contributed by atoms with Gasteiger partial charge < -0.3 is 20.0 Å². The fourth-order valence-corrected chi connectivity index (χ4v) is 4.56. The number of piperidine rings is 1. The minimum atomic E-state index is -0.433. The van der Waals surface area contributed by atoms with Gasteiger partial charge in [0.25, 0.3) is 0 Å². The van der Waals surface area contributed by atoms with E-state index in [0.717, 1.165) is 22.4 Å². The highest BCUT2D eigenvalue weighted by molar-refractivity contribution is 6.35. The lowest BCUT2D eigenvalue weighted by Crippen LogP contribution is -2.59. The molecule has 2 fully saturated rings. The first-order valence-electron chi connectivity index (χ1n) is 11.6. The average molecular weight is 449 g/mol. The van der Waals surface area contributed by atoms with Gasteiger partial charge in [0.05, 0.1) is 0 Å². The van der Waals surface area contributed by atoms with Crippen LogP contribution in [0.5, 0.6) is 0 Å². The van der Waals surface area contributed by atoms with Gasteiger partial charge in [0.15, 0.2) is 0 Å². The number of rotatable bonds is 4. The second-order valence-electron chi connectivity index (χ2n) is 9.11. The van der Waals surface area contributed by atoms with Crippen LogP contribution < -0.4 is 5.32 Å². The summed E-state index contributed by atoms with van der Waals surface area (Å²) < 4.78 is 0. The summed E-state index contributed by atoms with van der Waals surface area (Å²) in [6.45, 7) is 8.69. The van der Waals surface area contributed by atoms with E-state index in [-0.39, 0.29) is 12.1 Å². The van der Waals surface area contributed by atoms with E-state index in [1.54, 1.807) is 14.7 Å². The molecule has 1 N–H and O–H groups in total. The Kier molecular flexibility index (Phi) is 6.67. The SMILES string of the molecule is Cc1ccc(CN2CCN(C3CCN(C(=O)Nc4cccc(C)c4C)CC3)C(=O)C2=O)cc1. The van der Waals surface area contributed by atoms with Crippen molar-refractivity contribution in [2.45, 2.75) is 46.2 Å². The number of carbonyl (C=O) groups is 3. The number of aryl methyl sites for hydroxylation is 2. The van der Waals surface area contributed by atoms with Crippen LogP contribution in [0.3, 0.4) is 0 Å². The Bertz CT molecular complexity index is 1040. The molecule has 0 unspecified atom stereocenters. The number of piperazine rings is 1. The predicted octanol–water partition coefficient (Wildman–Crippen LogP) is 3.48. The van der Waals surface area contributed by atoms with Crippen molar-refractivity contribution in [3.05, 3.63) is 64.7 Å². The predicted molar refractivity (Wildman–Crippen MR) is 128 cm³/mol. The van der Waals surface area contributed by atoms with E-state index in [4.69, 9.17) is 0 Å². The first-order chi connectivity index (χ1) is 15.8. The van der Waals surface area contributed by atoms with Crippen molar-refractivity contribution in [3.8, 4) is 0 Å². The van der Waals surface area contributed by atoms with Crippen molar-refractivity contribution in [3.63, 3.8) is 0 Å². The fourth-order valence-electron chi connectivity index (χ4n) is 4.56. The van der Waals surface area contributed by atoms with E-state index >= 15 is 0 Å². The molecule has 2 heterocycles. The summed E-state index contributed by atoms with van der Waals surface area (Å²) in [6.07, 6.45) is 1.36. The van der Waals surface area contributed by atoms with Gasteiger partial charge >= 0.3 is 17.8 Å². The Morgan fingerprint density at radius 1 is 0.909 bits per heavy atom. The van der Waals surface area contributed by atoms with Crippen LogP contribution in [0.1, 0.15) is 35.1 Å². The van der Waals surface area contributed by atoms with Crippen molar-refractivity contribution in [1.29, 1.82) is 0 Å². The van der Waals surface area contributed by atoms with Crippen LogP contribution in [0.2, 0.25) is 0 Å². The smallest absolute Gasteiger partial charge is 0.321 e. The molecule has 7 nitrogen and oxygen atoms in total. The molecule has 7 heteroatoms. The third kappa shape index (κ3) is 5.02. The van der Waals surface area contributed by atoms with E-state index in [2.05, 4.69) is 5.32 Å². The van der Waals surface area contributed by atoms with E-state index in [1.807, 2.05) is 63.2 Å². The Morgan fingerprint density at radius 2 is 1.61 bits per heavy atom. The van der Waals surface area contributed by atoms with Crippen LogP contribution in [0, 0.1) is 20.8 Å². The molecule has 0 spiro atoms. The number of urea groups is 1. The molecule has 0 saturated carbocycles. The summed E-state index contributed by atoms with van der Waals surface area (Å²) in [5.41, 5.74) is 5.22. The summed E-state index contributed by atoms with van der Waals surface area (Å²) >= 11 is 0. The highest BCUT2D eigenvalue weighted by Gasteiger charge is 2.38. The highest BCUT2D eigenvalue weighted by atomic mass is 16.2. The number of nitrogens with one attached hydrogen (secondary N) is 1. The zero-order valence-electron chi connectivity index (χ0n) is 19.6. The molecule has 0 aliphatic carbocycles. The monoisotopic (exact) mass is 448 g/mol. The van der Waals surface area contributed by atoms with Gasteiger partial charge in [-0.05, 0) is 56.4 Å². The van der Waals surface area contributed by atoms with Crippen molar-refractivity contribution in [1.82, 2.24) is 14.7 Å². The number of likely N-dealkylation sites (tertiary alicyclic amines) is 1. The third-order valence-electron chi connectivity index (χ3n) is 6.87. The largest absolute Gasteiger partial charge is 0.330 e. The Morgan fingerprint density at radius 3 is 2.30 bits per heavy atom. The molecular weight excluding hydrogens is 416 g/mol. The molecule has 2 aromatic rings. The maximum atomic E-state index is 12.8. The normalized spacial score (nSPS) is 17.5. The minimum absolute atomic E-state index is 0.00673. The summed E-state index contributed by atoms with van der Waals surface area (Å²) in [6, 6.07) is 13.8. The van der Waals surface area contributed by atoms with Crippen molar-refractivity contribution in [2.75, 3.05) is 31.5 Å². The number of anilines is 1. The van der Waals surface area contributed by atoms with Gasteiger partial charge in [-0.15, -0.1) is 0 Å². The Hall–Kier alpha value is -3.35. The molecule has 2 aliphatic rings. The van der Waals surface area contributed by atoms with Crippen molar-refractivity contribution < 1.29 is 14.4 Å². The summed E-state index contributed by atoms with van der Waals surface area (Å²) in [5, 5.41) is 3.01. The molecule has 174 valence electrons. The topological polar surface area (TPSA) is 73.0 Å². The van der Waals surface area contributed by atoms with Gasteiger partial charge in [-0.25, -0.2) is 4.79 Å². The first-order valence-corrected chi connectivity index (χ1v) is 11.6. The van der Waals surface area contributed by atoms with Crippen LogP contribution in [0.25, 0.3) is 0 Å². The van der Waals surface area contributed by atoms with Gasteiger partial charge in [0, 0.05) is 44.5 Å². The molecule has 2 aromatic carbocycles. The molecule has 4 rings (SSSR count). The van der Waals surface area contributed by atoms with Gasteiger partial charge in [0.2, 0.25) is 0 Å². The van der Waals surface area contributed by atoms with Gasteiger partial charge in [-0.1, -0.05) is 42.0 Å². The van der Waals surface area contributed by atoms with Crippen LogP contribution in [0.4, 0.5) is 10.5 Å². The molecule has 0 aromatic heterocycles. The average Bonchev–Trinajstić information content (AvgIpc) is 2.81. The Balaban J connectivity index is 1.30. The number of nitrogens with zero attached hydrogens (tertiary/aromatic N) is 3. The fraction of sp³-hybridized carbons (Fsp3) is 0.423. The molecule has 2 saturated heterocycles. The summed E-state index contributed by atoms with van der Waals surface area (Å²) in [7, 11) is 0. The van der Waals surface area contributed by atoms with Gasteiger partial charge in [0.1, 0.15) is 0 Å². The number of hydrogen-bond donors (Lipinski definition) is 1. The van der Waals surface area contributed by atoms with E-state index in [1.165, 1.54) is 5.56 Å². The lowest BCUT2D eigenvalue weighted by molar-refractivity contribution is -0.158. The zero-order chi connectivity index (χ0) is 23.5. The summed E-state index contributed by atoms with van der Waals surface area (Å²) in [4.78, 5) is 43.5. The standard InChI is InChI=1S/C26H32N4O3/c1-18-7-9-21(10-8-18)17-29-15-16-30(25(32)24(29)31)22-11-13-28(14-12-22)26(33)27-23-6-4-5-19(2)20(23)3/h4-10,22H,11-17H2,1-3H3,(H,27,33). The third-order valence-corrected chi connectivity index (χ3v) is 6.87. The van der Waals surface area contributed by atoms with Gasteiger partial charge in [-0.3, -0.25) is 9.59 Å². The summed E-state index contributed by atoms with van der Waals surface area (Å²) in [5.74, 6) is -0.858. The number of hydrogen-bond acceptors (Lipinski definition) is 3. The molecular formula is C26H32N4O3. The maximum Gasteiger partial charge on any atom is 0.321 e. The number of benzene rings is 2. The number of carbonyl (C=O) groups excluding carboxylic acids is 3. The van der Waals surface area contributed by atoms with Gasteiger partial charge in [-0.2, -0.15) is 0 Å². The van der Waals surface area contributed by atoms with Crippen molar-refractivity contribution in [2.24, 2.45) is 0 Å². The zero-order valence-corrected chi connectivity index (χ0v) is 19.6. The second-order valence-corrected chi connectivity index (χ2v) is 9.11. The molecule has 0 radical (unpaired) electrons. The van der Waals surface area contributed by atoms with Crippen LogP contribution in [0.15, 0.2) is 42.5 Å². The second kappa shape index (κ2) is 9.65. The lowest BCUT2D eigenvalue weighted by Gasteiger charge is -2.42. The first kappa shape index (κ1) is 22.8. The molecule has 2 aliphatic heterocycles. The minimum Gasteiger partial charge on any atom is -0.330 e. The Labute approximate surface area is 195 Å². The van der Waals surface area contributed by atoms with Crippen LogP contribution in [-0.2, 0) is 16.1 Å². The highest BCUT2D eigenvalue weighted by Crippen LogP contribution is 2.23. The lowest BCUT2D eigenvalue weighted by atomic mass is 10.0. The molecule has 4 amide bonds. The maximum absolute atomic E-state index is 12.8. The molecule has 33 heavy (non-hydrogen) atoms. The number of amides is 4. The van der Waals surface area contributed by atoms with E-state index < -0.39 is 11.8 Å². The van der Waals surface area contributed by atoms with E-state index in [9.17, 15) is 14.4 Å². The molecule has 0 atom stereocenters. The quantitative estimate of drug-likeness (QED) is 0.728. The van der Waals surface area contributed by atoms with Crippen LogP contribution >= 0.6 is 0 Å². The van der Waals surface area contributed by atoms with Crippen molar-refractivity contribution >= 4 is 23.5 Å².